The molecule has 0 aromatic heterocycles. The maximum atomic E-state index is 12.8. The summed E-state index contributed by atoms with van der Waals surface area (Å²) < 4.78 is 10.7. The highest BCUT2D eigenvalue weighted by Gasteiger charge is 2.27. The van der Waals surface area contributed by atoms with Crippen LogP contribution in [0.25, 0.3) is 0 Å². The molecule has 0 saturated heterocycles. The molecule has 3 atom stereocenters. The van der Waals surface area contributed by atoms with Crippen LogP contribution < -0.4 is 10.6 Å². The lowest BCUT2D eigenvalue weighted by Gasteiger charge is -2.27. The molecule has 166 valence electrons. The lowest BCUT2D eigenvalue weighted by molar-refractivity contribution is -0.149. The number of benzene rings is 1. The van der Waals surface area contributed by atoms with Crippen LogP contribution in [0.4, 0.5) is 4.79 Å². The average Bonchev–Trinajstić information content (AvgIpc) is 2.68. The molecule has 7 nitrogen and oxygen atoms in total. The molecule has 0 radical (unpaired) electrons. The zero-order chi connectivity index (χ0) is 22.1. The highest BCUT2D eigenvalue weighted by molar-refractivity contribution is 5.88. The standard InChI is InChI=1S/C23H34N2O5/c1-16-9-8-10-17(13-16)15-29-21(27)20(18-11-6-5-7-12-18)25-19(26)14-24-22(28)30-23(2,3)4/h5-7,11-12,16-17,20H,8-10,13-15H2,1-4H3,(H,24,28)(H,25,26)/t16-,17+,20?/m1/s1. The molecule has 2 rings (SSSR count). The first-order valence-corrected chi connectivity index (χ1v) is 10.6. The van der Waals surface area contributed by atoms with E-state index >= 15 is 0 Å². The molecule has 0 aliphatic heterocycles. The third kappa shape index (κ3) is 8.43. The zero-order valence-electron chi connectivity index (χ0n) is 18.4. The third-order valence-electron chi connectivity index (χ3n) is 4.97. The van der Waals surface area contributed by atoms with Gasteiger partial charge in [0.05, 0.1) is 6.61 Å². The van der Waals surface area contributed by atoms with Crippen molar-refractivity contribution in [3.63, 3.8) is 0 Å². The Hall–Kier alpha value is -2.57. The Morgan fingerprint density at radius 2 is 1.83 bits per heavy atom. The van der Waals surface area contributed by atoms with Gasteiger partial charge in [0.25, 0.3) is 0 Å². The van der Waals surface area contributed by atoms with Gasteiger partial charge in [0.15, 0.2) is 6.04 Å². The van der Waals surface area contributed by atoms with Crippen molar-refractivity contribution in [1.29, 1.82) is 0 Å². The van der Waals surface area contributed by atoms with E-state index in [0.717, 1.165) is 19.3 Å². The highest BCUT2D eigenvalue weighted by Crippen LogP contribution is 2.29. The number of alkyl carbamates (subject to hydrolysis) is 1. The lowest BCUT2D eigenvalue weighted by atomic mass is 9.83. The van der Waals surface area contributed by atoms with E-state index in [1.807, 2.05) is 6.07 Å². The number of nitrogens with one attached hydrogen (secondary N) is 2. The van der Waals surface area contributed by atoms with Gasteiger partial charge in [0.2, 0.25) is 5.91 Å². The molecule has 30 heavy (non-hydrogen) atoms. The third-order valence-corrected chi connectivity index (χ3v) is 4.97. The Bertz CT molecular complexity index is 714. The van der Waals surface area contributed by atoms with Crippen molar-refractivity contribution in [2.24, 2.45) is 11.8 Å². The second-order valence-electron chi connectivity index (χ2n) is 9.03. The molecule has 1 unspecified atom stereocenters. The largest absolute Gasteiger partial charge is 0.464 e. The Morgan fingerprint density at radius 1 is 1.13 bits per heavy atom. The van der Waals surface area contributed by atoms with E-state index in [4.69, 9.17) is 9.47 Å². The molecule has 0 bridgehead atoms. The van der Waals surface area contributed by atoms with Gasteiger partial charge >= 0.3 is 12.1 Å². The summed E-state index contributed by atoms with van der Waals surface area (Å²) in [6.07, 6.45) is 3.79. The van der Waals surface area contributed by atoms with E-state index in [9.17, 15) is 14.4 Å². The van der Waals surface area contributed by atoms with Crippen LogP contribution in [0, 0.1) is 11.8 Å². The summed E-state index contributed by atoms with van der Waals surface area (Å²) in [6, 6.07) is 8.01. The number of esters is 1. The van der Waals surface area contributed by atoms with Gasteiger partial charge in [0, 0.05) is 0 Å². The smallest absolute Gasteiger partial charge is 0.408 e. The highest BCUT2D eigenvalue weighted by atomic mass is 16.6. The van der Waals surface area contributed by atoms with Crippen LogP contribution >= 0.6 is 0 Å². The molecule has 1 fully saturated rings. The molecule has 1 saturated carbocycles. The minimum absolute atomic E-state index is 0.300. The average molecular weight is 419 g/mol. The molecule has 1 aromatic rings. The Labute approximate surface area is 178 Å². The summed E-state index contributed by atoms with van der Waals surface area (Å²) in [5.74, 6) is 0.00709. The minimum atomic E-state index is -0.930. The normalized spacial score (nSPS) is 20.0. The van der Waals surface area contributed by atoms with Crippen LogP contribution in [0.1, 0.15) is 65.0 Å². The summed E-state index contributed by atoms with van der Waals surface area (Å²) >= 11 is 0. The summed E-state index contributed by atoms with van der Waals surface area (Å²) in [6.45, 7) is 7.49. The first kappa shape index (κ1) is 23.7. The van der Waals surface area contributed by atoms with Gasteiger partial charge in [-0.3, -0.25) is 4.79 Å². The minimum Gasteiger partial charge on any atom is -0.464 e. The van der Waals surface area contributed by atoms with Gasteiger partial charge in [0.1, 0.15) is 12.1 Å². The van der Waals surface area contributed by atoms with E-state index in [1.165, 1.54) is 6.42 Å². The molecule has 7 heteroatoms. The van der Waals surface area contributed by atoms with Crippen LogP contribution in [-0.2, 0) is 19.1 Å². The maximum Gasteiger partial charge on any atom is 0.408 e. The Kier molecular flexibility index (Phi) is 8.69. The monoisotopic (exact) mass is 418 g/mol. The van der Waals surface area contributed by atoms with Gasteiger partial charge in [-0.15, -0.1) is 0 Å². The molecule has 1 aromatic carbocycles. The van der Waals surface area contributed by atoms with Crippen molar-refractivity contribution in [3.05, 3.63) is 35.9 Å². The molecule has 0 heterocycles. The van der Waals surface area contributed by atoms with E-state index in [0.29, 0.717) is 24.0 Å². The van der Waals surface area contributed by atoms with E-state index in [2.05, 4.69) is 17.6 Å². The van der Waals surface area contributed by atoms with Gasteiger partial charge < -0.3 is 20.1 Å². The first-order valence-electron chi connectivity index (χ1n) is 10.6. The van der Waals surface area contributed by atoms with Crippen LogP contribution in [0.3, 0.4) is 0 Å². The lowest BCUT2D eigenvalue weighted by Crippen LogP contribution is -2.43. The van der Waals surface area contributed by atoms with Gasteiger partial charge in [-0.25, -0.2) is 9.59 Å². The van der Waals surface area contributed by atoms with Crippen LogP contribution in [-0.4, -0.2) is 36.7 Å². The molecular formula is C23H34N2O5. The first-order chi connectivity index (χ1) is 14.1. The second kappa shape index (κ2) is 11.0. The van der Waals surface area contributed by atoms with Crippen LogP contribution in [0.5, 0.6) is 0 Å². The van der Waals surface area contributed by atoms with Crippen LogP contribution in [0.15, 0.2) is 30.3 Å². The predicted octanol–water partition coefficient (Wildman–Crippen LogP) is 3.74. The van der Waals surface area contributed by atoms with Crippen LogP contribution in [0.2, 0.25) is 0 Å². The fourth-order valence-corrected chi connectivity index (χ4v) is 3.60. The fourth-order valence-electron chi connectivity index (χ4n) is 3.60. The maximum absolute atomic E-state index is 12.8. The molecule has 1 aliphatic carbocycles. The van der Waals surface area contributed by atoms with Gasteiger partial charge in [-0.2, -0.15) is 0 Å². The SMILES string of the molecule is C[C@@H]1CCC[C@H](COC(=O)C(NC(=O)CNC(=O)OC(C)(C)C)c2ccccc2)C1. The predicted molar refractivity (Wildman–Crippen MR) is 114 cm³/mol. The number of carbonyl (C=O) groups is 3. The Morgan fingerprint density at radius 3 is 2.47 bits per heavy atom. The van der Waals surface area contributed by atoms with Crippen molar-refractivity contribution in [3.8, 4) is 0 Å². The Balaban J connectivity index is 1.93. The molecular weight excluding hydrogens is 384 g/mol. The molecule has 1 aliphatic rings. The number of ether oxygens (including phenoxy) is 2. The zero-order valence-corrected chi connectivity index (χ0v) is 18.4. The molecule has 2 amide bonds. The van der Waals surface area contributed by atoms with E-state index in [-0.39, 0.29) is 6.54 Å². The number of hydrogen-bond acceptors (Lipinski definition) is 5. The fraction of sp³-hybridized carbons (Fsp3) is 0.609. The van der Waals surface area contributed by atoms with Gasteiger partial charge in [-0.05, 0) is 51.0 Å². The van der Waals surface area contributed by atoms with E-state index < -0.39 is 29.6 Å². The summed E-state index contributed by atoms with van der Waals surface area (Å²) in [5, 5.41) is 5.06. The summed E-state index contributed by atoms with van der Waals surface area (Å²) in [7, 11) is 0. The van der Waals surface area contributed by atoms with Crippen molar-refractivity contribution in [2.75, 3.05) is 13.2 Å². The van der Waals surface area contributed by atoms with Crippen molar-refractivity contribution in [1.82, 2.24) is 10.6 Å². The van der Waals surface area contributed by atoms with E-state index in [1.54, 1.807) is 45.0 Å². The van der Waals surface area contributed by atoms with Gasteiger partial charge in [-0.1, -0.05) is 50.1 Å². The molecule has 2 N–H and O–H groups in total. The summed E-state index contributed by atoms with van der Waals surface area (Å²) in [5.41, 5.74) is -0.0294. The molecule has 0 spiro atoms. The number of carbonyl (C=O) groups excluding carboxylic acids is 3. The topological polar surface area (TPSA) is 93.7 Å². The van der Waals surface area contributed by atoms with Crippen molar-refractivity contribution < 1.29 is 23.9 Å². The van der Waals surface area contributed by atoms with Crippen molar-refractivity contribution in [2.45, 2.75) is 65.0 Å². The number of hydrogen-bond donors (Lipinski definition) is 2. The van der Waals surface area contributed by atoms with Crippen molar-refractivity contribution >= 4 is 18.0 Å². The quantitative estimate of drug-likeness (QED) is 0.658. The summed E-state index contributed by atoms with van der Waals surface area (Å²) in [4.78, 5) is 36.9. The number of amides is 2. The second-order valence-corrected chi connectivity index (χ2v) is 9.03. The number of rotatable bonds is 7.